The van der Waals surface area contributed by atoms with E-state index in [2.05, 4.69) is 10.2 Å². The number of phenols is 1. The van der Waals surface area contributed by atoms with Crippen LogP contribution in [0.5, 0.6) is 5.75 Å². The number of hydrogen-bond donors (Lipinski definition) is 3. The van der Waals surface area contributed by atoms with Gasteiger partial charge in [0.25, 0.3) is 0 Å². The molecule has 2 aromatic carbocycles. The smallest absolute Gasteiger partial charge is 0.132 e. The van der Waals surface area contributed by atoms with Crippen LogP contribution in [0.1, 0.15) is 4.88 Å². The Labute approximate surface area is 136 Å². The van der Waals surface area contributed by atoms with Gasteiger partial charge in [-0.25, -0.2) is 0 Å². The van der Waals surface area contributed by atoms with Crippen LogP contribution in [-0.2, 0) is 6.61 Å². The zero-order valence-electron chi connectivity index (χ0n) is 12.2. The normalized spacial score (nSPS) is 11.2. The number of nitrogens with zero attached hydrogens (tertiary/aromatic N) is 1. The van der Waals surface area contributed by atoms with Crippen molar-refractivity contribution in [1.29, 1.82) is 0 Å². The molecule has 0 fully saturated rings. The molecule has 0 radical (unpaired) electrons. The Morgan fingerprint density at radius 3 is 2.78 bits per heavy atom. The monoisotopic (exact) mass is 322 g/mol. The van der Waals surface area contributed by atoms with Crippen LogP contribution in [0.4, 0.5) is 0 Å². The van der Waals surface area contributed by atoms with Gasteiger partial charge in [-0.2, -0.15) is 5.10 Å². The summed E-state index contributed by atoms with van der Waals surface area (Å²) in [6.45, 7) is 0.0351. The minimum Gasteiger partial charge on any atom is -0.507 e. The van der Waals surface area contributed by atoms with E-state index in [1.165, 1.54) is 11.3 Å². The molecule has 2 aromatic heterocycles. The molecule has 5 heteroatoms. The molecular weight excluding hydrogens is 308 g/mol. The van der Waals surface area contributed by atoms with E-state index in [4.69, 9.17) is 5.11 Å². The highest BCUT2D eigenvalue weighted by Gasteiger charge is 2.12. The van der Waals surface area contributed by atoms with Crippen LogP contribution in [0.25, 0.3) is 33.3 Å². The van der Waals surface area contributed by atoms with Crippen molar-refractivity contribution in [1.82, 2.24) is 10.2 Å². The molecular formula is C18H14N2O2S. The fourth-order valence-corrected chi connectivity index (χ4v) is 3.41. The van der Waals surface area contributed by atoms with Gasteiger partial charge >= 0.3 is 0 Å². The van der Waals surface area contributed by atoms with Gasteiger partial charge in [-0.15, -0.1) is 11.3 Å². The number of aromatic nitrogens is 2. The maximum Gasteiger partial charge on any atom is 0.132 e. The number of thiophene rings is 1. The Bertz CT molecular complexity index is 988. The summed E-state index contributed by atoms with van der Waals surface area (Å²) in [7, 11) is 0. The Morgan fingerprint density at radius 2 is 1.96 bits per heavy atom. The third-order valence-corrected chi connectivity index (χ3v) is 4.80. The molecule has 0 amide bonds. The number of hydrogen-bond acceptors (Lipinski definition) is 4. The molecule has 0 aliphatic rings. The van der Waals surface area contributed by atoms with Crippen LogP contribution in [0.2, 0.25) is 0 Å². The zero-order valence-corrected chi connectivity index (χ0v) is 13.0. The highest BCUT2D eigenvalue weighted by molar-refractivity contribution is 7.10. The number of aromatic hydroxyl groups is 1. The average Bonchev–Trinajstić information content (AvgIpc) is 3.24. The lowest BCUT2D eigenvalue weighted by molar-refractivity contribution is 0.285. The van der Waals surface area contributed by atoms with Gasteiger partial charge in [0.15, 0.2) is 0 Å². The molecule has 23 heavy (non-hydrogen) atoms. The van der Waals surface area contributed by atoms with E-state index in [0.29, 0.717) is 0 Å². The summed E-state index contributed by atoms with van der Waals surface area (Å²) in [5, 5.41) is 30.8. The minimum absolute atomic E-state index is 0.0351. The summed E-state index contributed by atoms with van der Waals surface area (Å²) in [5.74, 6) is 0.250. The fourth-order valence-electron chi connectivity index (χ4n) is 2.68. The third kappa shape index (κ3) is 2.40. The first kappa shape index (κ1) is 14.0. The van der Waals surface area contributed by atoms with Gasteiger partial charge < -0.3 is 10.2 Å². The molecule has 0 saturated carbocycles. The molecule has 2 heterocycles. The molecule has 4 rings (SSSR count). The predicted molar refractivity (Wildman–Crippen MR) is 92.4 cm³/mol. The molecule has 0 aliphatic heterocycles. The van der Waals surface area contributed by atoms with Crippen molar-refractivity contribution in [2.45, 2.75) is 6.61 Å². The second kappa shape index (κ2) is 5.53. The molecule has 0 bridgehead atoms. The minimum atomic E-state index is 0.0351. The number of aliphatic hydroxyl groups excluding tert-OH is 1. The molecule has 0 saturated heterocycles. The Morgan fingerprint density at radius 1 is 1.09 bits per heavy atom. The van der Waals surface area contributed by atoms with Crippen molar-refractivity contribution in [3.8, 4) is 28.3 Å². The van der Waals surface area contributed by atoms with Crippen molar-refractivity contribution in [3.63, 3.8) is 0 Å². The summed E-state index contributed by atoms with van der Waals surface area (Å²) in [6.07, 6.45) is 0. The number of aromatic amines is 1. The van der Waals surface area contributed by atoms with Gasteiger partial charge in [0.1, 0.15) is 5.75 Å². The first-order valence-corrected chi connectivity index (χ1v) is 8.09. The first-order valence-electron chi connectivity index (χ1n) is 7.21. The summed E-state index contributed by atoms with van der Waals surface area (Å²) in [5.41, 5.74) is 3.24. The van der Waals surface area contributed by atoms with Gasteiger partial charge in [0.05, 0.1) is 18.0 Å². The van der Waals surface area contributed by atoms with Crippen LogP contribution < -0.4 is 0 Å². The topological polar surface area (TPSA) is 69.1 Å². The van der Waals surface area contributed by atoms with E-state index < -0.39 is 0 Å². The summed E-state index contributed by atoms with van der Waals surface area (Å²) < 4.78 is 0. The first-order chi connectivity index (χ1) is 11.3. The number of benzene rings is 2. The van der Waals surface area contributed by atoms with Crippen molar-refractivity contribution < 1.29 is 10.2 Å². The molecule has 4 aromatic rings. The molecule has 3 N–H and O–H groups in total. The van der Waals surface area contributed by atoms with E-state index in [9.17, 15) is 5.11 Å². The van der Waals surface area contributed by atoms with Gasteiger partial charge in [0.2, 0.25) is 0 Å². The van der Waals surface area contributed by atoms with E-state index in [1.807, 2.05) is 53.9 Å². The number of rotatable bonds is 3. The lowest BCUT2D eigenvalue weighted by atomic mass is 10.0. The summed E-state index contributed by atoms with van der Waals surface area (Å²) >= 11 is 1.50. The van der Waals surface area contributed by atoms with Crippen molar-refractivity contribution in [2.75, 3.05) is 0 Å². The summed E-state index contributed by atoms with van der Waals surface area (Å²) in [4.78, 5) is 0.901. The second-order valence-electron chi connectivity index (χ2n) is 5.31. The number of fused-ring (bicyclic) bond motifs is 1. The van der Waals surface area contributed by atoms with Crippen molar-refractivity contribution >= 4 is 22.1 Å². The third-order valence-electron chi connectivity index (χ3n) is 3.87. The van der Waals surface area contributed by atoms with Crippen LogP contribution in [0, 0.1) is 0 Å². The Hall–Kier alpha value is -2.63. The van der Waals surface area contributed by atoms with E-state index in [-0.39, 0.29) is 12.4 Å². The Kier molecular flexibility index (Phi) is 3.37. The van der Waals surface area contributed by atoms with E-state index in [1.54, 1.807) is 0 Å². The highest BCUT2D eigenvalue weighted by atomic mass is 32.1. The lowest BCUT2D eigenvalue weighted by Gasteiger charge is -2.05. The largest absolute Gasteiger partial charge is 0.507 e. The zero-order chi connectivity index (χ0) is 15.8. The molecule has 0 aliphatic carbocycles. The second-order valence-corrected chi connectivity index (χ2v) is 6.31. The lowest BCUT2D eigenvalue weighted by Crippen LogP contribution is -1.81. The van der Waals surface area contributed by atoms with Gasteiger partial charge in [-0.3, -0.25) is 5.10 Å². The SMILES string of the molecule is OCc1cc(-c2cc(-c3ccc4ccccc4c3O)[nH]n2)cs1. The average molecular weight is 322 g/mol. The Balaban J connectivity index is 1.78. The maximum atomic E-state index is 10.5. The number of phenolic OH excluding ortho intramolecular Hbond substituents is 1. The van der Waals surface area contributed by atoms with Gasteiger partial charge in [-0.1, -0.05) is 30.3 Å². The number of H-pyrrole nitrogens is 1. The standard InChI is InChI=1S/C18H14N2O2S/c21-9-13-7-12(10-23-13)16-8-17(20-19-16)15-6-5-11-3-1-2-4-14(11)18(15)22/h1-8,10,21-22H,9H2,(H,19,20). The molecule has 4 nitrogen and oxygen atoms in total. The molecule has 0 atom stereocenters. The number of nitrogens with one attached hydrogen (secondary N) is 1. The maximum absolute atomic E-state index is 10.5. The fraction of sp³-hybridized carbons (Fsp3) is 0.0556. The van der Waals surface area contributed by atoms with Crippen molar-refractivity contribution in [3.05, 3.63) is 58.8 Å². The van der Waals surface area contributed by atoms with Crippen molar-refractivity contribution in [2.24, 2.45) is 0 Å². The van der Waals surface area contributed by atoms with E-state index >= 15 is 0 Å². The predicted octanol–water partition coefficient (Wildman–Crippen LogP) is 4.16. The highest BCUT2D eigenvalue weighted by Crippen LogP contribution is 2.36. The van der Waals surface area contributed by atoms with Gasteiger partial charge in [0, 0.05) is 26.8 Å². The van der Waals surface area contributed by atoms with Gasteiger partial charge in [-0.05, 0) is 23.6 Å². The number of aliphatic hydroxyl groups is 1. The molecule has 0 spiro atoms. The van der Waals surface area contributed by atoms with Crippen LogP contribution in [0.15, 0.2) is 53.9 Å². The van der Waals surface area contributed by atoms with Crippen LogP contribution in [0.3, 0.4) is 0 Å². The van der Waals surface area contributed by atoms with Crippen LogP contribution in [-0.4, -0.2) is 20.4 Å². The van der Waals surface area contributed by atoms with Crippen LogP contribution >= 0.6 is 11.3 Å². The quantitative estimate of drug-likeness (QED) is 0.530. The molecule has 0 unspecified atom stereocenters. The molecule has 114 valence electrons. The van der Waals surface area contributed by atoms with E-state index in [0.717, 1.165) is 38.2 Å². The summed E-state index contributed by atoms with van der Waals surface area (Å²) in [6, 6.07) is 15.4.